The minimum Gasteiger partial charge on any atom is -0.616 e. The lowest BCUT2D eigenvalue weighted by atomic mass is 10.00. The fourth-order valence-corrected chi connectivity index (χ4v) is 6.80. The highest BCUT2D eigenvalue weighted by Crippen LogP contribution is 2.33. The van der Waals surface area contributed by atoms with Crippen LogP contribution in [0.2, 0.25) is 0 Å². The van der Waals surface area contributed by atoms with Crippen LogP contribution in [0.1, 0.15) is 47.9 Å². The Bertz CT molecular complexity index is 1730. The Morgan fingerprint density at radius 1 is 1.18 bits per heavy atom. The molecule has 236 valence electrons. The molecule has 45 heavy (non-hydrogen) atoms. The third-order valence-corrected chi connectivity index (χ3v) is 9.22. The van der Waals surface area contributed by atoms with Gasteiger partial charge in [-0.2, -0.15) is 13.9 Å². The van der Waals surface area contributed by atoms with E-state index in [1.54, 1.807) is 60.3 Å². The van der Waals surface area contributed by atoms with Crippen LogP contribution in [-0.4, -0.2) is 62.5 Å². The summed E-state index contributed by atoms with van der Waals surface area (Å²) in [5.41, 5.74) is 3.35. The highest BCUT2D eigenvalue weighted by atomic mass is 32.2. The van der Waals surface area contributed by atoms with Crippen LogP contribution in [-0.2, 0) is 27.3 Å². The van der Waals surface area contributed by atoms with Crippen molar-refractivity contribution in [2.24, 2.45) is 0 Å². The predicted molar refractivity (Wildman–Crippen MR) is 163 cm³/mol. The largest absolute Gasteiger partial charge is 0.616 e. The average Bonchev–Trinajstić information content (AvgIpc) is 3.64. The topological polar surface area (TPSA) is 127 Å². The first kappa shape index (κ1) is 30.8. The van der Waals surface area contributed by atoms with Crippen LogP contribution in [0.15, 0.2) is 66.9 Å². The molecule has 3 aromatic carbocycles. The van der Waals surface area contributed by atoms with Gasteiger partial charge in [0.2, 0.25) is 0 Å². The molecule has 4 atom stereocenters. The highest BCUT2D eigenvalue weighted by molar-refractivity contribution is 7.91. The van der Waals surface area contributed by atoms with Crippen LogP contribution in [0.25, 0.3) is 16.6 Å². The first-order valence-electron chi connectivity index (χ1n) is 14.5. The number of carbonyl (C=O) groups excluding carboxylic acids is 2. The van der Waals surface area contributed by atoms with Crippen molar-refractivity contribution in [3.05, 3.63) is 83.6 Å². The minimum atomic E-state index is -3.56. The van der Waals surface area contributed by atoms with Gasteiger partial charge in [0.05, 0.1) is 36.1 Å². The first-order chi connectivity index (χ1) is 21.5. The number of hydrogen-bond donors (Lipinski definition) is 2. The zero-order valence-electron chi connectivity index (χ0n) is 24.6. The zero-order chi connectivity index (χ0) is 31.7. The minimum absolute atomic E-state index is 0.0905. The second-order valence-corrected chi connectivity index (χ2v) is 12.9. The lowest BCUT2D eigenvalue weighted by molar-refractivity contribution is -0.144. The van der Waals surface area contributed by atoms with Crippen molar-refractivity contribution in [1.82, 2.24) is 20.4 Å². The van der Waals surface area contributed by atoms with Crippen molar-refractivity contribution in [2.45, 2.75) is 51.0 Å². The van der Waals surface area contributed by atoms with Crippen molar-refractivity contribution in [2.75, 3.05) is 18.3 Å². The number of benzene rings is 3. The van der Waals surface area contributed by atoms with E-state index in [2.05, 4.69) is 15.7 Å². The molecule has 0 radical (unpaired) electrons. The molecule has 1 fully saturated rings. The van der Waals surface area contributed by atoms with Gasteiger partial charge in [0, 0.05) is 29.9 Å². The smallest absolute Gasteiger partial charge is 0.321 e. The Morgan fingerprint density at radius 2 is 2.02 bits per heavy atom. The predicted octanol–water partition coefficient (Wildman–Crippen LogP) is 4.42. The molecule has 0 spiro atoms. The molecule has 1 saturated heterocycles. The van der Waals surface area contributed by atoms with Gasteiger partial charge in [-0.15, -0.1) is 0 Å². The van der Waals surface area contributed by atoms with Gasteiger partial charge in [0.15, 0.2) is 6.79 Å². The number of alkyl halides is 2. The molecule has 6 rings (SSSR count). The van der Waals surface area contributed by atoms with E-state index in [1.165, 1.54) is 0 Å². The summed E-state index contributed by atoms with van der Waals surface area (Å²) in [4.78, 5) is 25.0. The van der Waals surface area contributed by atoms with Crippen LogP contribution < -0.4 is 20.1 Å². The highest BCUT2D eigenvalue weighted by Gasteiger charge is 2.35. The van der Waals surface area contributed by atoms with Gasteiger partial charge in [0.25, 0.3) is 11.8 Å². The molecule has 2 aliphatic rings. The summed E-state index contributed by atoms with van der Waals surface area (Å²) in [6.07, 6.45) is 1.51. The molecule has 2 N–H and O–H groups in total. The van der Waals surface area contributed by atoms with E-state index in [-0.39, 0.29) is 18.7 Å². The third kappa shape index (κ3) is 6.90. The molecule has 0 saturated carbocycles. The summed E-state index contributed by atoms with van der Waals surface area (Å²) in [6.45, 7) is 2.62. The Kier molecular flexibility index (Phi) is 8.67. The summed E-state index contributed by atoms with van der Waals surface area (Å²) >= 11 is -0.895. The number of rotatable bonds is 9. The SMILES string of the molecule is C[C@H](NC(=O)C(C)(F)F)[C@H](Oc1ccc2c(cnn2-c2cccc(C(=O)N[C@@H]3CC[S+]([O-])C3)c2)c1)c1ccc2c(c1)OCOC2. The fourth-order valence-electron chi connectivity index (χ4n) is 5.39. The van der Waals surface area contributed by atoms with Crippen LogP contribution in [0.5, 0.6) is 11.5 Å². The van der Waals surface area contributed by atoms with Crippen molar-refractivity contribution < 1.29 is 37.1 Å². The first-order valence-corrected chi connectivity index (χ1v) is 16.0. The maximum atomic E-state index is 13.8. The molecule has 2 aliphatic heterocycles. The van der Waals surface area contributed by atoms with Gasteiger partial charge in [-0.05, 0) is 55.0 Å². The number of carbonyl (C=O) groups is 2. The monoisotopic (exact) mass is 638 g/mol. The summed E-state index contributed by atoms with van der Waals surface area (Å²) in [5.74, 6) is -3.12. The molecule has 1 unspecified atom stereocenters. The number of nitrogens with zero attached hydrogens (tertiary/aromatic N) is 2. The van der Waals surface area contributed by atoms with E-state index in [9.17, 15) is 22.9 Å². The number of amides is 2. The fraction of sp³-hybridized carbons (Fsp3) is 0.344. The molecular weight excluding hydrogens is 606 g/mol. The number of hydrogen-bond acceptors (Lipinski definition) is 7. The van der Waals surface area contributed by atoms with Crippen LogP contribution >= 0.6 is 0 Å². The molecule has 1 aromatic heterocycles. The Morgan fingerprint density at radius 3 is 2.80 bits per heavy atom. The summed E-state index contributed by atoms with van der Waals surface area (Å²) < 4.78 is 58.2. The Labute approximate surface area is 261 Å². The zero-order valence-corrected chi connectivity index (χ0v) is 25.4. The average molecular weight is 639 g/mol. The second-order valence-electron chi connectivity index (χ2n) is 11.3. The molecular formula is C32H32F2N4O6S. The lowest BCUT2D eigenvalue weighted by Crippen LogP contribution is -2.46. The van der Waals surface area contributed by atoms with E-state index < -0.39 is 35.2 Å². The van der Waals surface area contributed by atoms with Crippen molar-refractivity contribution in [1.29, 1.82) is 0 Å². The summed E-state index contributed by atoms with van der Waals surface area (Å²) in [5, 5.41) is 10.6. The molecule has 4 aromatic rings. The maximum absolute atomic E-state index is 13.8. The van der Waals surface area contributed by atoms with E-state index in [1.807, 2.05) is 18.2 Å². The van der Waals surface area contributed by atoms with Crippen molar-refractivity contribution >= 4 is 33.9 Å². The maximum Gasteiger partial charge on any atom is 0.321 e. The van der Waals surface area contributed by atoms with Crippen LogP contribution in [0.4, 0.5) is 8.78 Å². The third-order valence-electron chi connectivity index (χ3n) is 7.76. The van der Waals surface area contributed by atoms with Gasteiger partial charge >= 0.3 is 5.92 Å². The molecule has 0 bridgehead atoms. The normalized spacial score (nSPS) is 19.3. The molecule has 3 heterocycles. The summed E-state index contributed by atoms with van der Waals surface area (Å²) in [7, 11) is 0. The van der Waals surface area contributed by atoms with E-state index in [4.69, 9.17) is 14.2 Å². The van der Waals surface area contributed by atoms with Crippen LogP contribution in [0.3, 0.4) is 0 Å². The number of aromatic nitrogens is 2. The van der Waals surface area contributed by atoms with E-state index >= 15 is 0 Å². The number of halogens is 2. The Hall–Kier alpha value is -4.20. The van der Waals surface area contributed by atoms with Crippen LogP contribution in [0, 0.1) is 0 Å². The van der Waals surface area contributed by atoms with Gasteiger partial charge in [-0.1, -0.05) is 29.4 Å². The van der Waals surface area contributed by atoms with E-state index in [0.717, 1.165) is 16.5 Å². The van der Waals surface area contributed by atoms with Gasteiger partial charge in [-0.3, -0.25) is 9.59 Å². The molecule has 10 nitrogen and oxygen atoms in total. The van der Waals surface area contributed by atoms with Gasteiger partial charge in [-0.25, -0.2) is 4.68 Å². The number of fused-ring (bicyclic) bond motifs is 2. The molecule has 13 heteroatoms. The summed E-state index contributed by atoms with van der Waals surface area (Å²) in [6, 6.07) is 16.8. The van der Waals surface area contributed by atoms with Gasteiger partial charge < -0.3 is 29.4 Å². The quantitative estimate of drug-likeness (QED) is 0.260. The van der Waals surface area contributed by atoms with Crippen molar-refractivity contribution in [3.8, 4) is 17.2 Å². The van der Waals surface area contributed by atoms with Crippen molar-refractivity contribution in [3.63, 3.8) is 0 Å². The Balaban J connectivity index is 1.25. The number of nitrogens with one attached hydrogen (secondary N) is 2. The number of ether oxygens (including phenoxy) is 3. The molecule has 0 aliphatic carbocycles. The lowest BCUT2D eigenvalue weighted by Gasteiger charge is -2.28. The second kappa shape index (κ2) is 12.7. The molecule has 2 amide bonds. The van der Waals surface area contributed by atoms with E-state index in [0.29, 0.717) is 59.8 Å². The van der Waals surface area contributed by atoms with Gasteiger partial charge in [0.1, 0.15) is 29.1 Å². The standard InChI is InChI=1S/C32H32F2N4O6S/c1-19(36-31(40)32(2,33)34)29(20-6-7-22-16-42-18-43-28(22)14-20)44-26-8-9-27-23(13-26)15-35-38(27)25-5-3-4-21(12-25)30(39)37-24-10-11-45(41)17-24/h3-9,12-15,19,24,29H,10-11,16-18H2,1-2H3,(H,36,40)(H,37,39)/t19-,24+,29-,45?/m0/s1.